The lowest BCUT2D eigenvalue weighted by molar-refractivity contribution is -0.151. The molecule has 1 saturated heterocycles. The number of aromatic hydroxyl groups is 1. The van der Waals surface area contributed by atoms with Crippen molar-refractivity contribution < 1.29 is 14.6 Å². The molecule has 0 radical (unpaired) electrons. The number of rotatable bonds is 6. The molecular weight excluding hydrogens is 448 g/mol. The van der Waals surface area contributed by atoms with Crippen molar-refractivity contribution in [3.63, 3.8) is 0 Å². The summed E-state index contributed by atoms with van der Waals surface area (Å²) in [6.07, 6.45) is 5.35. The summed E-state index contributed by atoms with van der Waals surface area (Å²) in [6, 6.07) is 21.8. The zero-order valence-corrected chi connectivity index (χ0v) is 21.3. The Morgan fingerprint density at radius 3 is 2.69 bits per heavy atom. The molecular formula is C31H36N2O3. The molecule has 1 heterocycles. The number of hydrogen-bond donors (Lipinski definition) is 1. The molecule has 1 aliphatic carbocycles. The van der Waals surface area contributed by atoms with Crippen LogP contribution in [0, 0.1) is 0 Å². The van der Waals surface area contributed by atoms with Crippen molar-refractivity contribution in [2.75, 3.05) is 33.8 Å². The fourth-order valence-corrected chi connectivity index (χ4v) is 6.73. The Kier molecular flexibility index (Phi) is 6.62. The molecule has 36 heavy (non-hydrogen) atoms. The lowest BCUT2D eigenvalue weighted by Gasteiger charge is -2.60. The van der Waals surface area contributed by atoms with Crippen molar-refractivity contribution in [2.45, 2.75) is 42.7 Å². The van der Waals surface area contributed by atoms with Crippen LogP contribution in [0.3, 0.4) is 0 Å². The van der Waals surface area contributed by atoms with Gasteiger partial charge in [-0.1, -0.05) is 48.5 Å². The number of carbonyl (C=O) groups excluding carboxylic acids is 1. The van der Waals surface area contributed by atoms with Crippen molar-refractivity contribution >= 4 is 16.7 Å². The maximum absolute atomic E-state index is 13.7. The molecule has 1 saturated carbocycles. The highest BCUT2D eigenvalue weighted by Gasteiger charge is 2.59. The van der Waals surface area contributed by atoms with Crippen LogP contribution in [0.25, 0.3) is 10.8 Å². The van der Waals surface area contributed by atoms with E-state index in [0.29, 0.717) is 5.56 Å². The monoisotopic (exact) mass is 484 g/mol. The summed E-state index contributed by atoms with van der Waals surface area (Å²) in [5.41, 5.74) is 1.11. The van der Waals surface area contributed by atoms with Crippen LogP contribution in [0.15, 0.2) is 79.4 Å². The number of benzene rings is 3. The highest BCUT2D eigenvalue weighted by Crippen LogP contribution is 2.54. The number of ether oxygens (including phenoxy) is 1. The van der Waals surface area contributed by atoms with Crippen LogP contribution < -0.4 is 0 Å². The third-order valence-corrected chi connectivity index (χ3v) is 8.71. The molecule has 3 unspecified atom stereocenters. The smallest absolute Gasteiger partial charge is 0.253 e. The van der Waals surface area contributed by atoms with Crippen molar-refractivity contribution in [2.24, 2.45) is 0 Å². The van der Waals surface area contributed by atoms with Gasteiger partial charge < -0.3 is 14.7 Å². The molecule has 1 amide bonds. The van der Waals surface area contributed by atoms with Crippen LogP contribution in [-0.2, 0) is 10.2 Å². The number of phenols is 1. The lowest BCUT2D eigenvalue weighted by Crippen LogP contribution is -2.68. The van der Waals surface area contributed by atoms with Gasteiger partial charge in [0.05, 0.1) is 5.60 Å². The van der Waals surface area contributed by atoms with Gasteiger partial charge in [-0.3, -0.25) is 9.69 Å². The average Bonchev–Trinajstić information content (AvgIpc) is 2.91. The average molecular weight is 485 g/mol. The topological polar surface area (TPSA) is 53.0 Å². The van der Waals surface area contributed by atoms with Gasteiger partial charge >= 0.3 is 0 Å². The molecule has 188 valence electrons. The van der Waals surface area contributed by atoms with E-state index in [4.69, 9.17) is 4.74 Å². The number of amides is 1. The fourth-order valence-electron chi connectivity index (χ4n) is 6.73. The molecule has 2 aliphatic rings. The number of methoxy groups -OCH3 is 1. The van der Waals surface area contributed by atoms with E-state index in [1.54, 1.807) is 6.07 Å². The molecule has 0 spiro atoms. The van der Waals surface area contributed by atoms with E-state index in [9.17, 15) is 9.90 Å². The number of piperidine rings is 1. The van der Waals surface area contributed by atoms with Crippen LogP contribution in [-0.4, -0.2) is 66.2 Å². The minimum absolute atomic E-state index is 0.0471. The highest BCUT2D eigenvalue weighted by molar-refractivity contribution is 5.98. The van der Waals surface area contributed by atoms with Gasteiger partial charge in [-0.25, -0.2) is 0 Å². The second kappa shape index (κ2) is 9.72. The molecule has 3 atom stereocenters. The molecule has 0 aromatic heterocycles. The van der Waals surface area contributed by atoms with Gasteiger partial charge in [0, 0.05) is 44.3 Å². The van der Waals surface area contributed by atoms with Gasteiger partial charge in [0.15, 0.2) is 0 Å². The Labute approximate surface area is 214 Å². The molecule has 3 aromatic rings. The number of likely N-dealkylation sites (tertiary alicyclic amines) is 1. The summed E-state index contributed by atoms with van der Waals surface area (Å²) in [5, 5.41) is 12.6. The van der Waals surface area contributed by atoms with E-state index in [0.717, 1.165) is 61.7 Å². The van der Waals surface area contributed by atoms with Crippen LogP contribution in [0.4, 0.5) is 0 Å². The third-order valence-electron chi connectivity index (χ3n) is 8.71. The Hall–Kier alpha value is -3.15. The summed E-state index contributed by atoms with van der Waals surface area (Å²) in [6.45, 7) is 6.49. The molecule has 5 heteroatoms. The minimum atomic E-state index is -0.397. The first-order valence-electron chi connectivity index (χ1n) is 12.9. The van der Waals surface area contributed by atoms with Crippen LogP contribution in [0.1, 0.15) is 41.6 Å². The second-order valence-corrected chi connectivity index (χ2v) is 10.5. The first-order valence-corrected chi connectivity index (χ1v) is 12.9. The summed E-state index contributed by atoms with van der Waals surface area (Å²) >= 11 is 0. The SMILES string of the molecule is C=CCN1CCC2(c3cccc(O)c3)CC(N(C)C(=O)c3ccc4ccccc4c3)CCC2(OC)C1. The molecule has 1 aliphatic heterocycles. The molecule has 5 nitrogen and oxygen atoms in total. The predicted octanol–water partition coefficient (Wildman–Crippen LogP) is 5.38. The van der Waals surface area contributed by atoms with Crippen molar-refractivity contribution in [3.05, 3.63) is 90.5 Å². The normalized spacial score (nSPS) is 26.3. The summed E-state index contributed by atoms with van der Waals surface area (Å²) in [4.78, 5) is 18.0. The second-order valence-electron chi connectivity index (χ2n) is 10.5. The van der Waals surface area contributed by atoms with Crippen molar-refractivity contribution in [1.29, 1.82) is 0 Å². The van der Waals surface area contributed by atoms with E-state index in [1.165, 1.54) is 0 Å². The number of carbonyl (C=O) groups is 1. The maximum Gasteiger partial charge on any atom is 0.253 e. The molecule has 3 aromatic carbocycles. The van der Waals surface area contributed by atoms with Gasteiger partial charge in [0.1, 0.15) is 5.75 Å². The number of phenolic OH excluding ortho intramolecular Hbond substituents is 1. The third kappa shape index (κ3) is 4.10. The van der Waals surface area contributed by atoms with Gasteiger partial charge in [-0.2, -0.15) is 0 Å². The fraction of sp³-hybridized carbons (Fsp3) is 0.387. The zero-order chi connectivity index (χ0) is 25.3. The first kappa shape index (κ1) is 24.5. The lowest BCUT2D eigenvalue weighted by atomic mass is 9.55. The van der Waals surface area contributed by atoms with E-state index in [-0.39, 0.29) is 23.1 Å². The van der Waals surface area contributed by atoms with E-state index in [2.05, 4.69) is 23.6 Å². The van der Waals surface area contributed by atoms with Crippen molar-refractivity contribution in [3.8, 4) is 5.75 Å². The highest BCUT2D eigenvalue weighted by atomic mass is 16.5. The summed E-state index contributed by atoms with van der Waals surface area (Å²) < 4.78 is 6.42. The number of fused-ring (bicyclic) bond motifs is 2. The Morgan fingerprint density at radius 2 is 1.94 bits per heavy atom. The largest absolute Gasteiger partial charge is 0.508 e. The van der Waals surface area contributed by atoms with Crippen LogP contribution in [0.2, 0.25) is 0 Å². The summed E-state index contributed by atoms with van der Waals surface area (Å²) in [5.74, 6) is 0.314. The molecule has 0 bridgehead atoms. The predicted molar refractivity (Wildman–Crippen MR) is 144 cm³/mol. The van der Waals surface area contributed by atoms with Gasteiger partial charge in [0.25, 0.3) is 5.91 Å². The number of nitrogens with zero attached hydrogens (tertiary/aromatic N) is 2. The zero-order valence-electron chi connectivity index (χ0n) is 21.3. The Balaban J connectivity index is 1.49. The molecule has 5 rings (SSSR count). The van der Waals surface area contributed by atoms with Gasteiger partial charge in [0.2, 0.25) is 0 Å². The Morgan fingerprint density at radius 1 is 1.14 bits per heavy atom. The molecule has 1 N–H and O–H groups in total. The number of hydrogen-bond acceptors (Lipinski definition) is 4. The first-order chi connectivity index (χ1) is 17.4. The quantitative estimate of drug-likeness (QED) is 0.477. The minimum Gasteiger partial charge on any atom is -0.508 e. The standard InChI is InChI=1S/C31H36N2O3/c1-4-17-33-18-16-30(26-10-7-11-28(34)20-26)21-27(14-15-31(30,22-33)36-3)32(2)29(35)25-13-12-23-8-5-6-9-24(23)19-25/h4-13,19-20,27,34H,1,14-18,21-22H2,2-3H3. The Bertz CT molecular complexity index is 1270. The van der Waals surface area contributed by atoms with Gasteiger partial charge in [-0.05, 0) is 72.8 Å². The van der Waals surface area contributed by atoms with Crippen LogP contribution in [0.5, 0.6) is 5.75 Å². The van der Waals surface area contributed by atoms with Crippen LogP contribution >= 0.6 is 0 Å². The maximum atomic E-state index is 13.7. The van der Waals surface area contributed by atoms with E-state index < -0.39 is 5.60 Å². The van der Waals surface area contributed by atoms with Crippen molar-refractivity contribution in [1.82, 2.24) is 9.80 Å². The summed E-state index contributed by atoms with van der Waals surface area (Å²) in [7, 11) is 3.75. The molecule has 2 fully saturated rings. The van der Waals surface area contributed by atoms with E-state index >= 15 is 0 Å². The van der Waals surface area contributed by atoms with E-state index in [1.807, 2.05) is 73.7 Å². The van der Waals surface area contributed by atoms with Gasteiger partial charge in [-0.15, -0.1) is 6.58 Å².